The highest BCUT2D eigenvalue weighted by Gasteiger charge is 2.24. The maximum atomic E-state index is 12.4. The summed E-state index contributed by atoms with van der Waals surface area (Å²) < 4.78 is 3.00. The molecule has 2 aromatic rings. The normalized spacial score (nSPS) is 14.7. The van der Waals surface area contributed by atoms with Gasteiger partial charge in [-0.05, 0) is 34.5 Å². The highest BCUT2D eigenvalue weighted by molar-refractivity contribution is 9.11. The molecule has 1 aliphatic heterocycles. The van der Waals surface area contributed by atoms with E-state index < -0.39 is 0 Å². The maximum Gasteiger partial charge on any atom is 0.264 e. The van der Waals surface area contributed by atoms with Gasteiger partial charge in [0.05, 0.1) is 15.2 Å². The van der Waals surface area contributed by atoms with Gasteiger partial charge in [0.1, 0.15) is 6.33 Å². The van der Waals surface area contributed by atoms with E-state index in [4.69, 9.17) is 0 Å². The van der Waals surface area contributed by atoms with Crippen molar-refractivity contribution in [2.45, 2.75) is 20.0 Å². The summed E-state index contributed by atoms with van der Waals surface area (Å²) >= 11 is 4.93. The fourth-order valence-corrected chi connectivity index (χ4v) is 3.46. The molecule has 0 spiro atoms. The van der Waals surface area contributed by atoms with Crippen LogP contribution in [0.15, 0.2) is 16.2 Å². The Hall–Kier alpha value is -1.21. The summed E-state index contributed by atoms with van der Waals surface area (Å²) in [7, 11) is 0. The van der Waals surface area contributed by atoms with Gasteiger partial charge in [-0.2, -0.15) is 0 Å². The van der Waals surface area contributed by atoms with Crippen molar-refractivity contribution in [2.75, 3.05) is 6.54 Å². The van der Waals surface area contributed by atoms with Crippen molar-refractivity contribution in [1.29, 1.82) is 0 Å². The molecule has 94 valence electrons. The fourth-order valence-electron chi connectivity index (χ4n) is 1.96. The molecule has 0 unspecified atom stereocenters. The average Bonchev–Trinajstić information content (AvgIpc) is 2.95. The number of carbonyl (C=O) groups excluding carboxylic acids is 1. The highest BCUT2D eigenvalue weighted by Crippen LogP contribution is 2.28. The Morgan fingerprint density at radius 2 is 2.33 bits per heavy atom. The number of thiophene rings is 1. The summed E-state index contributed by atoms with van der Waals surface area (Å²) in [5.74, 6) is 0.921. The van der Waals surface area contributed by atoms with Gasteiger partial charge in [-0.25, -0.2) is 0 Å². The highest BCUT2D eigenvalue weighted by atomic mass is 79.9. The van der Waals surface area contributed by atoms with E-state index in [1.165, 1.54) is 11.3 Å². The Labute approximate surface area is 117 Å². The van der Waals surface area contributed by atoms with Crippen LogP contribution in [0.2, 0.25) is 0 Å². The summed E-state index contributed by atoms with van der Waals surface area (Å²) in [4.78, 5) is 14.9. The first-order valence-corrected chi connectivity index (χ1v) is 7.18. The third-order valence-corrected chi connectivity index (χ3v) is 5.12. The monoisotopic (exact) mass is 326 g/mol. The van der Waals surface area contributed by atoms with E-state index in [0.717, 1.165) is 26.6 Å². The third kappa shape index (κ3) is 1.97. The van der Waals surface area contributed by atoms with E-state index >= 15 is 0 Å². The quantitative estimate of drug-likeness (QED) is 0.806. The Balaban J connectivity index is 1.82. The van der Waals surface area contributed by atoms with Crippen molar-refractivity contribution in [3.05, 3.63) is 32.4 Å². The van der Waals surface area contributed by atoms with E-state index in [2.05, 4.69) is 26.1 Å². The zero-order valence-corrected chi connectivity index (χ0v) is 12.2. The molecular formula is C11H11BrN4OS. The maximum absolute atomic E-state index is 12.4. The van der Waals surface area contributed by atoms with Crippen molar-refractivity contribution in [2.24, 2.45) is 0 Å². The second-order valence-electron chi connectivity index (χ2n) is 4.23. The SMILES string of the molecule is Cc1cc(C(=O)N2CCn3cnnc3C2)sc1Br. The number of aryl methyl sites for hydroxylation is 1. The minimum absolute atomic E-state index is 0.0723. The lowest BCUT2D eigenvalue weighted by Gasteiger charge is -2.26. The topological polar surface area (TPSA) is 51.0 Å². The lowest BCUT2D eigenvalue weighted by molar-refractivity contribution is 0.0712. The molecule has 0 saturated heterocycles. The molecule has 7 heteroatoms. The van der Waals surface area contributed by atoms with Crippen LogP contribution in [0, 0.1) is 6.92 Å². The minimum atomic E-state index is 0.0723. The molecule has 0 N–H and O–H groups in total. The largest absolute Gasteiger partial charge is 0.329 e. The predicted octanol–water partition coefficient (Wildman–Crippen LogP) is 2.07. The number of halogens is 1. The van der Waals surface area contributed by atoms with E-state index in [-0.39, 0.29) is 5.91 Å². The summed E-state index contributed by atoms with van der Waals surface area (Å²) in [6.45, 7) is 4.00. The lowest BCUT2D eigenvalue weighted by Crippen LogP contribution is -2.37. The van der Waals surface area contributed by atoms with Crippen LogP contribution in [0.5, 0.6) is 0 Å². The first kappa shape index (κ1) is 11.9. The zero-order valence-electron chi connectivity index (χ0n) is 9.76. The molecule has 2 aromatic heterocycles. The van der Waals surface area contributed by atoms with Crippen LogP contribution >= 0.6 is 27.3 Å². The van der Waals surface area contributed by atoms with Gasteiger partial charge in [-0.1, -0.05) is 0 Å². The van der Waals surface area contributed by atoms with Crippen LogP contribution in [-0.2, 0) is 13.1 Å². The third-order valence-electron chi connectivity index (χ3n) is 2.99. The van der Waals surface area contributed by atoms with Crippen molar-refractivity contribution in [3.63, 3.8) is 0 Å². The van der Waals surface area contributed by atoms with Gasteiger partial charge >= 0.3 is 0 Å². The number of hydrogen-bond acceptors (Lipinski definition) is 4. The number of nitrogens with zero attached hydrogens (tertiary/aromatic N) is 4. The van der Waals surface area contributed by atoms with E-state index in [1.807, 2.05) is 22.5 Å². The van der Waals surface area contributed by atoms with E-state index in [0.29, 0.717) is 13.1 Å². The number of carbonyl (C=O) groups is 1. The van der Waals surface area contributed by atoms with Crippen LogP contribution < -0.4 is 0 Å². The van der Waals surface area contributed by atoms with Crippen LogP contribution in [0.3, 0.4) is 0 Å². The van der Waals surface area contributed by atoms with E-state index in [1.54, 1.807) is 6.33 Å². The van der Waals surface area contributed by atoms with Gasteiger partial charge in [0.2, 0.25) is 0 Å². The van der Waals surface area contributed by atoms with Crippen LogP contribution in [-0.4, -0.2) is 32.1 Å². The molecule has 5 nitrogen and oxygen atoms in total. The summed E-state index contributed by atoms with van der Waals surface area (Å²) in [6.07, 6.45) is 1.71. The van der Waals surface area contributed by atoms with Crippen molar-refractivity contribution < 1.29 is 4.79 Å². The number of hydrogen-bond donors (Lipinski definition) is 0. The first-order chi connectivity index (χ1) is 8.65. The van der Waals surface area contributed by atoms with Gasteiger partial charge in [0.25, 0.3) is 5.91 Å². The summed E-state index contributed by atoms with van der Waals surface area (Å²) in [5, 5.41) is 7.88. The van der Waals surface area contributed by atoms with Gasteiger partial charge in [-0.15, -0.1) is 21.5 Å². The summed E-state index contributed by atoms with van der Waals surface area (Å²) in [6, 6.07) is 1.93. The van der Waals surface area contributed by atoms with Crippen molar-refractivity contribution in [1.82, 2.24) is 19.7 Å². The summed E-state index contributed by atoms with van der Waals surface area (Å²) in [5.41, 5.74) is 1.10. The molecular weight excluding hydrogens is 316 g/mol. The molecule has 3 rings (SSSR count). The van der Waals surface area contributed by atoms with Gasteiger partial charge in [0.15, 0.2) is 5.82 Å². The molecule has 0 saturated carbocycles. The average molecular weight is 327 g/mol. The van der Waals surface area contributed by atoms with E-state index in [9.17, 15) is 4.79 Å². The van der Waals surface area contributed by atoms with Gasteiger partial charge < -0.3 is 9.47 Å². The Morgan fingerprint density at radius 3 is 3.06 bits per heavy atom. The number of fused-ring (bicyclic) bond motifs is 1. The lowest BCUT2D eigenvalue weighted by atomic mass is 10.3. The molecule has 0 bridgehead atoms. The second-order valence-corrected chi connectivity index (χ2v) is 6.60. The smallest absolute Gasteiger partial charge is 0.264 e. The van der Waals surface area contributed by atoms with Gasteiger partial charge in [-0.3, -0.25) is 4.79 Å². The van der Waals surface area contributed by atoms with Crippen LogP contribution in [0.25, 0.3) is 0 Å². The van der Waals surface area contributed by atoms with Crippen LogP contribution in [0.4, 0.5) is 0 Å². The second kappa shape index (κ2) is 4.47. The molecule has 0 radical (unpaired) electrons. The molecule has 1 amide bonds. The Morgan fingerprint density at radius 1 is 1.50 bits per heavy atom. The van der Waals surface area contributed by atoms with Crippen molar-refractivity contribution in [3.8, 4) is 0 Å². The molecule has 3 heterocycles. The molecule has 18 heavy (non-hydrogen) atoms. The number of aromatic nitrogens is 3. The number of amides is 1. The fraction of sp³-hybridized carbons (Fsp3) is 0.364. The van der Waals surface area contributed by atoms with Crippen molar-refractivity contribution >= 4 is 33.2 Å². The molecule has 0 atom stereocenters. The molecule has 0 aromatic carbocycles. The zero-order chi connectivity index (χ0) is 12.7. The van der Waals surface area contributed by atoms with Crippen LogP contribution in [0.1, 0.15) is 21.1 Å². The Bertz CT molecular complexity index is 586. The molecule has 1 aliphatic rings. The predicted molar refractivity (Wildman–Crippen MR) is 71.5 cm³/mol. The Kier molecular flexibility index (Phi) is 2.95. The molecule has 0 aliphatic carbocycles. The minimum Gasteiger partial charge on any atom is -0.329 e. The number of rotatable bonds is 1. The van der Waals surface area contributed by atoms with Gasteiger partial charge in [0, 0.05) is 13.1 Å². The first-order valence-electron chi connectivity index (χ1n) is 5.57. The molecule has 0 fully saturated rings. The standard InChI is InChI=1S/C11H11BrN4OS/c1-7-4-8(18-10(7)12)11(17)15-2-3-16-6-13-14-9(16)5-15/h4,6H,2-3,5H2,1H3.